The second-order valence-electron chi connectivity index (χ2n) is 9.53. The Balaban J connectivity index is 1.30. The van der Waals surface area contributed by atoms with Crippen LogP contribution in [-0.4, -0.2) is 60.4 Å². The van der Waals surface area contributed by atoms with E-state index in [1.807, 2.05) is 0 Å². The number of piperidine rings is 2. The van der Waals surface area contributed by atoms with Crippen LogP contribution in [0.3, 0.4) is 0 Å². The minimum Gasteiger partial charge on any atom is -0.493 e. The van der Waals surface area contributed by atoms with E-state index >= 15 is 0 Å². The zero-order valence-electron chi connectivity index (χ0n) is 22.0. The van der Waals surface area contributed by atoms with Crippen molar-refractivity contribution in [2.24, 2.45) is 5.10 Å². The normalized spacial score (nSPS) is 15.8. The number of carbonyl (C=O) groups is 1. The van der Waals surface area contributed by atoms with Gasteiger partial charge in [-0.2, -0.15) is 20.1 Å². The van der Waals surface area contributed by atoms with Gasteiger partial charge in [-0.05, 0) is 86.6 Å². The molecule has 3 aromatic rings. The van der Waals surface area contributed by atoms with Crippen LogP contribution in [0, 0.1) is 0 Å². The standard InChI is InChI=1S/C28H32ClN7O3/c1-38-24-18-20(8-13-23(24)39-25(37)21-9-11-22(29)12-10-21)19-30-34-26-31-27(35-14-4-2-5-15-35)33-28(32-26)36-16-6-3-7-17-36/h8-13,18-19H,2-7,14-17H2,1H3,(H,31,32,33,34)/b30-19-. The maximum Gasteiger partial charge on any atom is 0.343 e. The lowest BCUT2D eigenvalue weighted by Gasteiger charge is -2.30. The number of aromatic nitrogens is 3. The van der Waals surface area contributed by atoms with Crippen LogP contribution < -0.4 is 24.7 Å². The molecule has 11 heteroatoms. The molecule has 0 amide bonds. The number of hydrazone groups is 1. The number of esters is 1. The van der Waals surface area contributed by atoms with Crippen molar-refractivity contribution in [3.63, 3.8) is 0 Å². The number of hydrogen-bond acceptors (Lipinski definition) is 10. The number of ether oxygens (including phenoxy) is 2. The lowest BCUT2D eigenvalue weighted by atomic mass is 10.1. The first-order chi connectivity index (χ1) is 19.1. The van der Waals surface area contributed by atoms with Crippen molar-refractivity contribution in [2.75, 3.05) is 48.5 Å². The summed E-state index contributed by atoms with van der Waals surface area (Å²) < 4.78 is 11.0. The number of anilines is 3. The van der Waals surface area contributed by atoms with Gasteiger partial charge in [-0.3, -0.25) is 0 Å². The monoisotopic (exact) mass is 549 g/mol. The van der Waals surface area contributed by atoms with E-state index in [0.29, 0.717) is 39.9 Å². The lowest BCUT2D eigenvalue weighted by molar-refractivity contribution is 0.0729. The Bertz CT molecular complexity index is 1270. The van der Waals surface area contributed by atoms with Gasteiger partial charge in [0.05, 0.1) is 18.9 Å². The smallest absolute Gasteiger partial charge is 0.343 e. The van der Waals surface area contributed by atoms with Gasteiger partial charge in [-0.25, -0.2) is 10.2 Å². The number of carbonyl (C=O) groups excluding carboxylic acids is 1. The van der Waals surface area contributed by atoms with Crippen molar-refractivity contribution in [3.05, 3.63) is 58.6 Å². The van der Waals surface area contributed by atoms with Crippen LogP contribution in [-0.2, 0) is 0 Å². The Hall–Kier alpha value is -3.92. The first-order valence-corrected chi connectivity index (χ1v) is 13.7. The van der Waals surface area contributed by atoms with Crippen LogP contribution in [0.15, 0.2) is 47.6 Å². The zero-order chi connectivity index (χ0) is 27.0. The molecule has 10 nitrogen and oxygen atoms in total. The van der Waals surface area contributed by atoms with E-state index in [2.05, 4.69) is 30.3 Å². The summed E-state index contributed by atoms with van der Waals surface area (Å²) in [5.41, 5.74) is 4.11. The lowest BCUT2D eigenvalue weighted by Crippen LogP contribution is -2.34. The Kier molecular flexibility index (Phi) is 8.72. The Morgan fingerprint density at radius 2 is 1.49 bits per heavy atom. The molecule has 39 heavy (non-hydrogen) atoms. The second kappa shape index (κ2) is 12.8. The highest BCUT2D eigenvalue weighted by atomic mass is 35.5. The maximum absolute atomic E-state index is 12.5. The molecule has 0 saturated carbocycles. The quantitative estimate of drug-likeness (QED) is 0.176. The van der Waals surface area contributed by atoms with Gasteiger partial charge in [0.25, 0.3) is 0 Å². The molecule has 0 aliphatic carbocycles. The molecule has 0 atom stereocenters. The van der Waals surface area contributed by atoms with Crippen LogP contribution in [0.2, 0.25) is 5.02 Å². The van der Waals surface area contributed by atoms with Gasteiger partial charge >= 0.3 is 5.97 Å². The molecule has 1 aromatic heterocycles. The predicted molar refractivity (Wildman–Crippen MR) is 153 cm³/mol. The van der Waals surface area contributed by atoms with Gasteiger partial charge in [0.1, 0.15) is 0 Å². The van der Waals surface area contributed by atoms with E-state index < -0.39 is 5.97 Å². The molecule has 0 bridgehead atoms. The van der Waals surface area contributed by atoms with E-state index in [1.165, 1.54) is 20.0 Å². The van der Waals surface area contributed by atoms with Crippen LogP contribution in [0.1, 0.15) is 54.4 Å². The molecule has 2 fully saturated rings. The highest BCUT2D eigenvalue weighted by Crippen LogP contribution is 2.29. The molecule has 2 aromatic carbocycles. The molecule has 0 spiro atoms. The number of benzene rings is 2. The van der Waals surface area contributed by atoms with Gasteiger partial charge in [0.15, 0.2) is 11.5 Å². The number of nitrogens with zero attached hydrogens (tertiary/aromatic N) is 6. The summed E-state index contributed by atoms with van der Waals surface area (Å²) in [6, 6.07) is 11.7. The molecule has 5 rings (SSSR count). The minimum atomic E-state index is -0.503. The summed E-state index contributed by atoms with van der Waals surface area (Å²) in [5, 5.41) is 4.91. The Morgan fingerprint density at radius 1 is 0.872 bits per heavy atom. The van der Waals surface area contributed by atoms with Crippen molar-refractivity contribution in [2.45, 2.75) is 38.5 Å². The third kappa shape index (κ3) is 6.94. The topological polar surface area (TPSA) is 105 Å². The van der Waals surface area contributed by atoms with Gasteiger partial charge in [0.2, 0.25) is 17.8 Å². The second-order valence-corrected chi connectivity index (χ2v) is 9.97. The van der Waals surface area contributed by atoms with Crippen molar-refractivity contribution >= 4 is 41.6 Å². The fourth-order valence-electron chi connectivity index (χ4n) is 4.63. The number of methoxy groups -OCH3 is 1. The predicted octanol–water partition coefficient (Wildman–Crippen LogP) is 5.18. The molecule has 3 heterocycles. The van der Waals surface area contributed by atoms with Crippen LogP contribution in [0.5, 0.6) is 11.5 Å². The van der Waals surface area contributed by atoms with Gasteiger partial charge in [-0.15, -0.1) is 0 Å². The van der Waals surface area contributed by atoms with Gasteiger partial charge in [-0.1, -0.05) is 11.6 Å². The fraction of sp³-hybridized carbons (Fsp3) is 0.393. The first-order valence-electron chi connectivity index (χ1n) is 13.3. The molecule has 2 aliphatic heterocycles. The summed E-state index contributed by atoms with van der Waals surface area (Å²) in [6.07, 6.45) is 8.66. The van der Waals surface area contributed by atoms with E-state index in [1.54, 1.807) is 48.7 Å². The SMILES string of the molecule is COc1cc(/C=N\Nc2nc(N3CCCCC3)nc(N3CCCCC3)n2)ccc1OC(=O)c1ccc(Cl)cc1. The molecule has 2 aliphatic rings. The molecule has 0 unspecified atom stereocenters. The molecule has 2 saturated heterocycles. The van der Waals surface area contributed by atoms with Crippen molar-refractivity contribution in [1.82, 2.24) is 15.0 Å². The number of rotatable bonds is 8. The zero-order valence-corrected chi connectivity index (χ0v) is 22.7. The summed E-state index contributed by atoms with van der Waals surface area (Å²) in [5.74, 6) is 1.99. The Morgan fingerprint density at radius 3 is 2.08 bits per heavy atom. The van der Waals surface area contributed by atoms with E-state index in [-0.39, 0.29) is 0 Å². The van der Waals surface area contributed by atoms with Crippen molar-refractivity contribution < 1.29 is 14.3 Å². The van der Waals surface area contributed by atoms with Crippen LogP contribution in [0.4, 0.5) is 17.8 Å². The number of nitrogens with one attached hydrogen (secondary N) is 1. The largest absolute Gasteiger partial charge is 0.493 e. The van der Waals surface area contributed by atoms with E-state index in [4.69, 9.17) is 26.1 Å². The van der Waals surface area contributed by atoms with Gasteiger partial charge < -0.3 is 19.3 Å². The minimum absolute atomic E-state index is 0.303. The van der Waals surface area contributed by atoms with E-state index in [9.17, 15) is 4.79 Å². The maximum atomic E-state index is 12.5. The van der Waals surface area contributed by atoms with Gasteiger partial charge in [0, 0.05) is 31.2 Å². The average molecular weight is 550 g/mol. The summed E-state index contributed by atoms with van der Waals surface area (Å²) >= 11 is 5.90. The highest BCUT2D eigenvalue weighted by Gasteiger charge is 2.20. The first kappa shape index (κ1) is 26.7. The van der Waals surface area contributed by atoms with Crippen LogP contribution in [0.25, 0.3) is 0 Å². The third-order valence-corrected chi connectivity index (χ3v) is 6.99. The van der Waals surface area contributed by atoms with Crippen molar-refractivity contribution in [3.8, 4) is 11.5 Å². The molecular weight excluding hydrogens is 518 g/mol. The Labute approximate surface area is 233 Å². The summed E-state index contributed by atoms with van der Waals surface area (Å²) in [6.45, 7) is 3.78. The van der Waals surface area contributed by atoms with E-state index in [0.717, 1.165) is 57.4 Å². The average Bonchev–Trinajstić information content (AvgIpc) is 2.99. The summed E-state index contributed by atoms with van der Waals surface area (Å²) in [7, 11) is 1.52. The van der Waals surface area contributed by atoms with Crippen LogP contribution >= 0.6 is 11.6 Å². The highest BCUT2D eigenvalue weighted by molar-refractivity contribution is 6.30. The molecule has 1 N–H and O–H groups in total. The molecule has 204 valence electrons. The number of halogens is 1. The molecular formula is C28H32ClN7O3. The van der Waals surface area contributed by atoms with Crippen molar-refractivity contribution in [1.29, 1.82) is 0 Å². The summed E-state index contributed by atoms with van der Waals surface area (Å²) in [4.78, 5) is 31.1. The number of hydrogen-bond donors (Lipinski definition) is 1. The molecule has 0 radical (unpaired) electrons. The third-order valence-electron chi connectivity index (χ3n) is 6.74. The fourth-order valence-corrected chi connectivity index (χ4v) is 4.76.